The maximum Gasteiger partial charge on any atom is 0.0737 e. The molecule has 0 aliphatic carbocycles. The van der Waals surface area contributed by atoms with Crippen LogP contribution in [0.4, 0.5) is 0 Å². The maximum atomic E-state index is 5.70. The van der Waals surface area contributed by atoms with Gasteiger partial charge >= 0.3 is 0 Å². The minimum atomic E-state index is -0.163. The van der Waals surface area contributed by atoms with Gasteiger partial charge in [0.25, 0.3) is 0 Å². The van der Waals surface area contributed by atoms with Gasteiger partial charge in [0.2, 0.25) is 0 Å². The Labute approximate surface area is 79.4 Å². The van der Waals surface area contributed by atoms with Gasteiger partial charge in [0.15, 0.2) is 0 Å². The van der Waals surface area contributed by atoms with Crippen LogP contribution in [0.1, 0.15) is 27.6 Å². The van der Waals surface area contributed by atoms with E-state index in [-0.39, 0.29) is 5.37 Å². The van der Waals surface area contributed by atoms with E-state index in [1.807, 2.05) is 0 Å². The quantitative estimate of drug-likeness (QED) is 0.505. The highest BCUT2D eigenvalue weighted by Crippen LogP contribution is 2.21. The van der Waals surface area contributed by atoms with Crippen molar-refractivity contribution >= 4 is 12.6 Å². The van der Waals surface area contributed by atoms with Crippen LogP contribution in [-0.2, 0) is 0 Å². The molecule has 0 saturated heterocycles. The molecule has 12 heavy (non-hydrogen) atoms. The summed E-state index contributed by atoms with van der Waals surface area (Å²) in [5, 5.41) is -0.163. The van der Waals surface area contributed by atoms with Crippen LogP contribution in [0.3, 0.4) is 0 Å². The van der Waals surface area contributed by atoms with Crippen molar-refractivity contribution in [1.82, 2.24) is 0 Å². The van der Waals surface area contributed by atoms with Gasteiger partial charge in [0.1, 0.15) is 0 Å². The second kappa shape index (κ2) is 3.50. The molecule has 1 aromatic rings. The van der Waals surface area contributed by atoms with Crippen LogP contribution in [0.2, 0.25) is 0 Å². The lowest BCUT2D eigenvalue weighted by Crippen LogP contribution is -2.05. The van der Waals surface area contributed by atoms with Crippen molar-refractivity contribution in [2.45, 2.75) is 26.1 Å². The average molecular weight is 181 g/mol. The van der Waals surface area contributed by atoms with E-state index in [0.717, 1.165) is 5.56 Å². The average Bonchev–Trinajstić information content (AvgIpc) is 1.96. The van der Waals surface area contributed by atoms with Gasteiger partial charge in [0, 0.05) is 0 Å². The second-order valence-corrected chi connectivity index (χ2v) is 3.79. The molecule has 2 heteroatoms. The Morgan fingerprint density at radius 2 is 1.58 bits per heavy atom. The lowest BCUT2D eigenvalue weighted by Gasteiger charge is -2.11. The smallest absolute Gasteiger partial charge is 0.0737 e. The molecule has 1 nitrogen and oxygen atoms in total. The molecule has 66 valence electrons. The Balaban J connectivity index is 3.23. The fourth-order valence-corrected chi connectivity index (χ4v) is 1.58. The topological polar surface area (TPSA) is 26.0 Å². The zero-order valence-electron chi connectivity index (χ0n) is 7.76. The number of benzene rings is 1. The summed E-state index contributed by atoms with van der Waals surface area (Å²) in [5.41, 5.74) is 10.6. The highest BCUT2D eigenvalue weighted by Gasteiger charge is 2.05. The van der Waals surface area contributed by atoms with E-state index in [9.17, 15) is 0 Å². The van der Waals surface area contributed by atoms with Gasteiger partial charge in [0.05, 0.1) is 5.37 Å². The molecule has 0 aliphatic rings. The van der Waals surface area contributed by atoms with Crippen molar-refractivity contribution in [2.75, 3.05) is 0 Å². The molecule has 1 atom stereocenters. The Morgan fingerprint density at radius 3 is 2.08 bits per heavy atom. The normalized spacial score (nSPS) is 13.1. The predicted octanol–water partition coefficient (Wildman–Crippen LogP) is 2.50. The summed E-state index contributed by atoms with van der Waals surface area (Å²) in [6, 6.07) is 4.27. The molecular weight excluding hydrogens is 166 g/mol. The van der Waals surface area contributed by atoms with Crippen LogP contribution in [0.15, 0.2) is 12.1 Å². The molecule has 0 aromatic heterocycles. The zero-order chi connectivity index (χ0) is 9.30. The molecule has 0 bridgehead atoms. The summed E-state index contributed by atoms with van der Waals surface area (Å²) < 4.78 is 0. The zero-order valence-corrected chi connectivity index (χ0v) is 8.65. The van der Waals surface area contributed by atoms with Crippen LogP contribution < -0.4 is 5.73 Å². The van der Waals surface area contributed by atoms with E-state index in [4.69, 9.17) is 5.73 Å². The highest BCUT2D eigenvalue weighted by molar-refractivity contribution is 7.80. The number of aryl methyl sites for hydroxylation is 3. The van der Waals surface area contributed by atoms with Crippen molar-refractivity contribution in [3.8, 4) is 0 Å². The molecule has 0 amide bonds. The number of nitrogens with two attached hydrogens (primary N) is 1. The van der Waals surface area contributed by atoms with E-state index < -0.39 is 0 Å². The van der Waals surface area contributed by atoms with Crippen molar-refractivity contribution in [3.63, 3.8) is 0 Å². The summed E-state index contributed by atoms with van der Waals surface area (Å²) >= 11 is 4.22. The number of thiol groups is 1. The molecule has 0 spiro atoms. The summed E-state index contributed by atoms with van der Waals surface area (Å²) in [5.74, 6) is 0. The molecule has 1 rings (SSSR count). The molecule has 0 fully saturated rings. The fraction of sp³-hybridized carbons (Fsp3) is 0.400. The summed E-state index contributed by atoms with van der Waals surface area (Å²) in [6.45, 7) is 6.27. The van der Waals surface area contributed by atoms with Crippen molar-refractivity contribution in [1.29, 1.82) is 0 Å². The first-order valence-electron chi connectivity index (χ1n) is 4.03. The van der Waals surface area contributed by atoms with Crippen LogP contribution in [0, 0.1) is 20.8 Å². The molecule has 0 radical (unpaired) electrons. The Bertz CT molecular complexity index is 292. The number of hydrogen-bond donors (Lipinski definition) is 2. The minimum Gasteiger partial charge on any atom is -0.316 e. The minimum absolute atomic E-state index is 0.163. The third kappa shape index (κ3) is 1.82. The maximum absolute atomic E-state index is 5.70. The first-order chi connectivity index (χ1) is 5.52. The van der Waals surface area contributed by atoms with E-state index in [1.165, 1.54) is 16.7 Å². The fourth-order valence-electron chi connectivity index (χ4n) is 1.30. The van der Waals surface area contributed by atoms with Crippen LogP contribution in [0.25, 0.3) is 0 Å². The summed E-state index contributed by atoms with van der Waals surface area (Å²) in [6.07, 6.45) is 0. The van der Waals surface area contributed by atoms with Crippen LogP contribution in [0.5, 0.6) is 0 Å². The third-order valence-electron chi connectivity index (χ3n) is 2.20. The standard InChI is InChI=1S/C10H15NS/c1-6-4-8(3)9(10(11)12)5-7(6)2/h4-5,10,12H,11H2,1-3H3. The molecule has 2 N–H and O–H groups in total. The molecule has 1 aromatic carbocycles. The molecule has 1 unspecified atom stereocenters. The van der Waals surface area contributed by atoms with E-state index in [2.05, 4.69) is 45.5 Å². The predicted molar refractivity (Wildman–Crippen MR) is 56.6 cm³/mol. The molecule has 0 aliphatic heterocycles. The first kappa shape index (κ1) is 9.62. The first-order valence-corrected chi connectivity index (χ1v) is 4.55. The van der Waals surface area contributed by atoms with E-state index in [0.29, 0.717) is 0 Å². The second-order valence-electron chi connectivity index (χ2n) is 3.24. The molecule has 0 heterocycles. The Kier molecular flexibility index (Phi) is 2.80. The Morgan fingerprint density at radius 1 is 1.08 bits per heavy atom. The van der Waals surface area contributed by atoms with E-state index in [1.54, 1.807) is 0 Å². The van der Waals surface area contributed by atoms with Gasteiger partial charge in [-0.1, -0.05) is 12.1 Å². The van der Waals surface area contributed by atoms with Gasteiger partial charge in [-0.3, -0.25) is 0 Å². The van der Waals surface area contributed by atoms with Crippen molar-refractivity contribution < 1.29 is 0 Å². The van der Waals surface area contributed by atoms with Gasteiger partial charge in [-0.05, 0) is 43.0 Å². The monoisotopic (exact) mass is 181 g/mol. The number of hydrogen-bond acceptors (Lipinski definition) is 2. The van der Waals surface area contributed by atoms with Gasteiger partial charge < -0.3 is 5.73 Å². The van der Waals surface area contributed by atoms with Crippen molar-refractivity contribution in [3.05, 3.63) is 34.4 Å². The third-order valence-corrected chi connectivity index (χ3v) is 2.48. The lowest BCUT2D eigenvalue weighted by molar-refractivity contribution is 1.01. The number of rotatable bonds is 1. The molecular formula is C10H15NS. The van der Waals surface area contributed by atoms with Gasteiger partial charge in [-0.15, -0.1) is 0 Å². The summed E-state index contributed by atoms with van der Waals surface area (Å²) in [4.78, 5) is 0. The van der Waals surface area contributed by atoms with Gasteiger partial charge in [-0.25, -0.2) is 0 Å². The Hall–Kier alpha value is -0.470. The van der Waals surface area contributed by atoms with Gasteiger partial charge in [-0.2, -0.15) is 12.6 Å². The molecule has 0 saturated carbocycles. The van der Waals surface area contributed by atoms with Crippen molar-refractivity contribution in [2.24, 2.45) is 5.73 Å². The lowest BCUT2D eigenvalue weighted by atomic mass is 10.0. The summed E-state index contributed by atoms with van der Waals surface area (Å²) in [7, 11) is 0. The van der Waals surface area contributed by atoms with Crippen LogP contribution in [-0.4, -0.2) is 0 Å². The SMILES string of the molecule is Cc1cc(C)c(C(N)S)cc1C. The van der Waals surface area contributed by atoms with Crippen LogP contribution >= 0.6 is 12.6 Å². The van der Waals surface area contributed by atoms with E-state index >= 15 is 0 Å². The highest BCUT2D eigenvalue weighted by atomic mass is 32.1. The largest absolute Gasteiger partial charge is 0.316 e.